The molecule has 1 heteroatoms. The van der Waals surface area contributed by atoms with Crippen molar-refractivity contribution < 1.29 is 0 Å². The van der Waals surface area contributed by atoms with Gasteiger partial charge in [0.25, 0.3) is 0 Å². The number of hydrogen-bond donors (Lipinski definition) is 0. The molecule has 0 amide bonds. The van der Waals surface area contributed by atoms with Crippen molar-refractivity contribution in [3.05, 3.63) is 0 Å². The Morgan fingerprint density at radius 2 is 1.86 bits per heavy atom. The Hall–Kier alpha value is 0.430. The lowest BCUT2D eigenvalue weighted by molar-refractivity contribution is 0.538. The Labute approximate surface area is 47.5 Å². The van der Waals surface area contributed by atoms with E-state index in [0.29, 0.717) is 0 Å². The van der Waals surface area contributed by atoms with E-state index in [1.165, 1.54) is 33.7 Å². The van der Waals surface area contributed by atoms with Gasteiger partial charge in [0.1, 0.15) is 0 Å². The summed E-state index contributed by atoms with van der Waals surface area (Å²) in [6.45, 7) is 2.36. The summed E-state index contributed by atoms with van der Waals surface area (Å²) < 4.78 is 0. The Morgan fingerprint density at radius 3 is 2.14 bits per heavy atom. The van der Waals surface area contributed by atoms with Gasteiger partial charge in [0.15, 0.2) is 0 Å². The van der Waals surface area contributed by atoms with E-state index in [4.69, 9.17) is 0 Å². The van der Waals surface area contributed by atoms with Crippen LogP contribution in [0.4, 0.5) is 0 Å². The summed E-state index contributed by atoms with van der Waals surface area (Å²) in [6, 6.07) is 0. The molecule has 1 aliphatic rings. The highest BCUT2D eigenvalue weighted by Crippen LogP contribution is 2.26. The summed E-state index contributed by atoms with van der Waals surface area (Å²) in [5, 5.41) is 0. The van der Waals surface area contributed by atoms with Crippen LogP contribution in [0.5, 0.6) is 0 Å². The molecule has 7 heavy (non-hydrogen) atoms. The largest absolute Gasteiger partial charge is 0.122 e. The van der Waals surface area contributed by atoms with Gasteiger partial charge in [-0.05, 0) is 31.1 Å². The highest BCUT2D eigenvalue weighted by Gasteiger charge is 2.05. The second kappa shape index (κ2) is 2.67. The van der Waals surface area contributed by atoms with E-state index in [1.807, 2.05) is 0 Å². The van der Waals surface area contributed by atoms with Crippen LogP contribution in [0.15, 0.2) is 0 Å². The van der Waals surface area contributed by atoms with Crippen molar-refractivity contribution >= 4 is 8.58 Å². The highest BCUT2D eigenvalue weighted by atomic mass is 31.1. The molecule has 42 valence electrons. The molecule has 0 bridgehead atoms. The van der Waals surface area contributed by atoms with E-state index < -0.39 is 0 Å². The molecule has 0 aliphatic carbocycles. The first-order chi connectivity index (χ1) is 3.39. The minimum atomic E-state index is 1.04. The monoisotopic (exact) mass is 116 g/mol. The van der Waals surface area contributed by atoms with Gasteiger partial charge in [-0.15, -0.1) is 8.58 Å². The average molecular weight is 116 g/mol. The third-order valence-electron chi connectivity index (χ3n) is 1.63. The second-order valence-electron chi connectivity index (χ2n) is 2.43. The predicted octanol–water partition coefficient (Wildman–Crippen LogP) is 2.09. The van der Waals surface area contributed by atoms with E-state index in [-0.39, 0.29) is 0 Å². The van der Waals surface area contributed by atoms with Crippen molar-refractivity contribution in [2.24, 2.45) is 5.92 Å². The first-order valence-electron chi connectivity index (χ1n) is 3.10. The molecule has 0 saturated carbocycles. The van der Waals surface area contributed by atoms with Crippen LogP contribution in [0.3, 0.4) is 0 Å². The van der Waals surface area contributed by atoms with E-state index in [2.05, 4.69) is 6.92 Å². The number of rotatable bonds is 0. The minimum absolute atomic E-state index is 1.04. The molecule has 0 spiro atoms. The Kier molecular flexibility index (Phi) is 2.12. The van der Waals surface area contributed by atoms with Gasteiger partial charge in [0.05, 0.1) is 0 Å². The maximum atomic E-state index is 2.36. The molecule has 0 nitrogen and oxygen atoms in total. The highest BCUT2D eigenvalue weighted by molar-refractivity contribution is 7.38. The molecule has 1 fully saturated rings. The van der Waals surface area contributed by atoms with Crippen molar-refractivity contribution in [1.82, 2.24) is 0 Å². The molecule has 0 N–H and O–H groups in total. The van der Waals surface area contributed by atoms with Crippen molar-refractivity contribution in [2.75, 3.05) is 12.3 Å². The van der Waals surface area contributed by atoms with Gasteiger partial charge in [-0.3, -0.25) is 0 Å². The van der Waals surface area contributed by atoms with Crippen LogP contribution >= 0.6 is 8.58 Å². The molecule has 1 heterocycles. The van der Waals surface area contributed by atoms with Crippen LogP contribution in [0.1, 0.15) is 19.8 Å². The van der Waals surface area contributed by atoms with Crippen LogP contribution in [-0.4, -0.2) is 12.3 Å². The average Bonchev–Trinajstić information content (AvgIpc) is 1.69. The van der Waals surface area contributed by atoms with Crippen LogP contribution < -0.4 is 0 Å². The summed E-state index contributed by atoms with van der Waals surface area (Å²) >= 11 is 0. The number of hydrogen-bond acceptors (Lipinski definition) is 0. The molecule has 0 aromatic heterocycles. The van der Waals surface area contributed by atoms with Crippen molar-refractivity contribution in [3.63, 3.8) is 0 Å². The molecule has 1 saturated heterocycles. The molecule has 0 radical (unpaired) electrons. The molecule has 0 aromatic rings. The van der Waals surface area contributed by atoms with E-state index >= 15 is 0 Å². The molecule has 1 aliphatic heterocycles. The van der Waals surface area contributed by atoms with Gasteiger partial charge in [-0.2, -0.15) is 0 Å². The molecular formula is C6H13P. The standard InChI is InChI=1S/C6H13P/c1-6-2-4-7-5-3-6/h6-7H,2-5H2,1H3. The van der Waals surface area contributed by atoms with Crippen molar-refractivity contribution in [3.8, 4) is 0 Å². The third kappa shape index (κ3) is 1.78. The van der Waals surface area contributed by atoms with Gasteiger partial charge in [0.2, 0.25) is 0 Å². The Bertz CT molecular complexity index is 46.1. The predicted molar refractivity (Wildman–Crippen MR) is 36.4 cm³/mol. The van der Waals surface area contributed by atoms with Crippen molar-refractivity contribution in [2.45, 2.75) is 19.8 Å². The SMILES string of the molecule is CC1CCPCC1. The Morgan fingerprint density at radius 1 is 1.29 bits per heavy atom. The zero-order valence-electron chi connectivity index (χ0n) is 4.91. The van der Waals surface area contributed by atoms with Crippen LogP contribution in [0.25, 0.3) is 0 Å². The lowest BCUT2D eigenvalue weighted by atomic mass is 10.1. The van der Waals surface area contributed by atoms with Gasteiger partial charge >= 0.3 is 0 Å². The zero-order chi connectivity index (χ0) is 5.11. The van der Waals surface area contributed by atoms with Gasteiger partial charge in [-0.25, -0.2) is 0 Å². The lowest BCUT2D eigenvalue weighted by Gasteiger charge is -2.15. The topological polar surface area (TPSA) is 0 Å². The molecule has 0 aromatic carbocycles. The molecule has 0 atom stereocenters. The first kappa shape index (κ1) is 5.56. The fraction of sp³-hybridized carbons (Fsp3) is 1.00. The van der Waals surface area contributed by atoms with Crippen LogP contribution in [0.2, 0.25) is 0 Å². The third-order valence-corrected chi connectivity index (χ3v) is 2.91. The fourth-order valence-electron chi connectivity index (χ4n) is 0.966. The lowest BCUT2D eigenvalue weighted by Crippen LogP contribution is -2.02. The summed E-state index contributed by atoms with van der Waals surface area (Å²) in [6.07, 6.45) is 6.03. The summed E-state index contributed by atoms with van der Waals surface area (Å²) in [5.41, 5.74) is 0. The smallest absolute Gasteiger partial charge is 0.0351 e. The van der Waals surface area contributed by atoms with E-state index in [0.717, 1.165) is 5.92 Å². The maximum absolute atomic E-state index is 2.36. The summed E-state index contributed by atoms with van der Waals surface area (Å²) in [4.78, 5) is 0. The van der Waals surface area contributed by atoms with E-state index in [1.54, 1.807) is 0 Å². The summed E-state index contributed by atoms with van der Waals surface area (Å²) in [5.74, 6) is 1.04. The van der Waals surface area contributed by atoms with Crippen LogP contribution in [-0.2, 0) is 0 Å². The van der Waals surface area contributed by atoms with Crippen LogP contribution in [0, 0.1) is 5.92 Å². The Balaban J connectivity index is 2.12. The molecular weight excluding hydrogens is 103 g/mol. The van der Waals surface area contributed by atoms with Gasteiger partial charge in [0, 0.05) is 0 Å². The zero-order valence-corrected chi connectivity index (χ0v) is 5.91. The summed E-state index contributed by atoms with van der Waals surface area (Å²) in [7, 11) is 1.29. The fourth-order valence-corrected chi connectivity index (χ4v) is 2.61. The van der Waals surface area contributed by atoms with Gasteiger partial charge < -0.3 is 0 Å². The minimum Gasteiger partial charge on any atom is -0.122 e. The van der Waals surface area contributed by atoms with Gasteiger partial charge in [-0.1, -0.05) is 6.92 Å². The molecule has 0 unspecified atom stereocenters. The molecule has 1 rings (SSSR count). The second-order valence-corrected chi connectivity index (χ2v) is 3.93. The quantitative estimate of drug-likeness (QED) is 0.425. The van der Waals surface area contributed by atoms with Crippen molar-refractivity contribution in [1.29, 1.82) is 0 Å². The normalized spacial score (nSPS) is 36.4. The van der Waals surface area contributed by atoms with E-state index in [9.17, 15) is 0 Å². The maximum Gasteiger partial charge on any atom is -0.0351 e. The first-order valence-corrected chi connectivity index (χ1v) is 4.52.